The lowest BCUT2D eigenvalue weighted by Gasteiger charge is -2.58. The SMILES string of the molecule is CCCCCCCCCNC1C2CC3CC1CC(O)(C3)C2.O=C(O)c1cnn(C2CCC(O)CC2)c1C(F)(F)F. The molecule has 0 radical (unpaired) electrons. The lowest BCUT2D eigenvalue weighted by Crippen LogP contribution is -2.60. The number of rotatable bonds is 11. The molecule has 0 aromatic carbocycles. The van der Waals surface area contributed by atoms with E-state index in [1.54, 1.807) is 0 Å². The van der Waals surface area contributed by atoms with Gasteiger partial charge in [-0.1, -0.05) is 45.4 Å². The molecule has 0 aliphatic heterocycles. The Morgan fingerprint density at radius 1 is 1.02 bits per heavy atom. The molecule has 10 heteroatoms. The van der Waals surface area contributed by atoms with Gasteiger partial charge in [0.05, 0.1) is 23.9 Å². The number of halogens is 3. The quantitative estimate of drug-likeness (QED) is 0.231. The number of nitrogens with one attached hydrogen (secondary N) is 1. The topological polar surface area (TPSA) is 108 Å². The molecule has 4 bridgehead atoms. The summed E-state index contributed by atoms with van der Waals surface area (Å²) in [4.78, 5) is 10.8. The van der Waals surface area contributed by atoms with E-state index in [1.807, 2.05) is 0 Å². The molecule has 2 atom stereocenters. The number of alkyl halides is 3. The van der Waals surface area contributed by atoms with Crippen molar-refractivity contribution in [3.05, 3.63) is 17.5 Å². The standard InChI is InChI=1S/C19H35NO.C11H13F3N2O3/c1-2-3-4-5-6-7-8-9-20-18-16-10-15-11-17(18)14-19(21,12-15)13-16;12-11(13,14)9-8(10(18)19)5-15-16(9)6-1-3-7(17)4-2-6/h15-18,20-21H,2-14H2,1H3;5-7,17H,1-4H2,(H,18,19). The molecule has 1 aromatic heterocycles. The number of hydrogen-bond acceptors (Lipinski definition) is 5. The van der Waals surface area contributed by atoms with E-state index in [2.05, 4.69) is 17.3 Å². The van der Waals surface area contributed by atoms with Crippen LogP contribution in [0.4, 0.5) is 13.2 Å². The van der Waals surface area contributed by atoms with Gasteiger partial charge in [0.15, 0.2) is 5.69 Å². The summed E-state index contributed by atoms with van der Waals surface area (Å²) in [5, 5.41) is 36.2. The number of aliphatic hydroxyl groups excluding tert-OH is 1. The Balaban J connectivity index is 0.000000186. The van der Waals surface area contributed by atoms with Gasteiger partial charge in [-0.25, -0.2) is 4.79 Å². The van der Waals surface area contributed by atoms with Gasteiger partial charge in [-0.3, -0.25) is 4.68 Å². The van der Waals surface area contributed by atoms with Crippen molar-refractivity contribution in [2.45, 2.75) is 140 Å². The van der Waals surface area contributed by atoms with Gasteiger partial charge in [0.1, 0.15) is 5.56 Å². The van der Waals surface area contributed by atoms with Crippen LogP contribution in [0.2, 0.25) is 0 Å². The Morgan fingerprint density at radius 3 is 2.17 bits per heavy atom. The van der Waals surface area contributed by atoms with Gasteiger partial charge in [-0.05, 0) is 88.5 Å². The number of aromatic nitrogens is 2. The first kappa shape index (κ1) is 31.3. The molecule has 0 spiro atoms. The molecule has 40 heavy (non-hydrogen) atoms. The molecular formula is C30H48F3N3O4. The van der Waals surface area contributed by atoms with Gasteiger partial charge in [0, 0.05) is 6.04 Å². The van der Waals surface area contributed by atoms with Gasteiger partial charge in [-0.2, -0.15) is 18.3 Å². The maximum Gasteiger partial charge on any atom is 0.433 e. The average Bonchev–Trinajstić information content (AvgIpc) is 3.33. The number of carboxylic acids is 1. The summed E-state index contributed by atoms with van der Waals surface area (Å²) in [5.74, 6) is 0.732. The molecule has 6 rings (SSSR count). The number of aliphatic hydroxyl groups is 2. The Morgan fingerprint density at radius 2 is 1.62 bits per heavy atom. The van der Waals surface area contributed by atoms with E-state index in [0.717, 1.165) is 53.9 Å². The van der Waals surface area contributed by atoms with Crippen molar-refractivity contribution in [3.8, 4) is 0 Å². The van der Waals surface area contributed by atoms with Crippen LogP contribution in [0.3, 0.4) is 0 Å². The average molecular weight is 572 g/mol. The molecule has 0 saturated heterocycles. The fraction of sp³-hybridized carbons (Fsp3) is 0.867. The van der Waals surface area contributed by atoms with E-state index in [1.165, 1.54) is 64.3 Å². The molecule has 5 fully saturated rings. The maximum absolute atomic E-state index is 13.0. The van der Waals surface area contributed by atoms with Crippen LogP contribution in [0.25, 0.3) is 0 Å². The van der Waals surface area contributed by atoms with Crippen molar-refractivity contribution in [3.63, 3.8) is 0 Å². The lowest BCUT2D eigenvalue weighted by molar-refractivity contribution is -0.145. The first-order valence-electron chi connectivity index (χ1n) is 15.5. The molecule has 0 amide bonds. The highest BCUT2D eigenvalue weighted by molar-refractivity contribution is 5.88. The van der Waals surface area contributed by atoms with E-state index in [-0.39, 0.29) is 5.60 Å². The van der Waals surface area contributed by atoms with Gasteiger partial charge in [0.25, 0.3) is 0 Å². The van der Waals surface area contributed by atoms with E-state index in [9.17, 15) is 28.2 Å². The van der Waals surface area contributed by atoms with Gasteiger partial charge >= 0.3 is 12.1 Å². The zero-order valence-electron chi connectivity index (χ0n) is 23.8. The fourth-order valence-corrected chi connectivity index (χ4v) is 8.05. The summed E-state index contributed by atoms with van der Waals surface area (Å²) >= 11 is 0. The zero-order valence-corrected chi connectivity index (χ0v) is 23.8. The van der Waals surface area contributed by atoms with E-state index >= 15 is 0 Å². The number of nitrogens with zero attached hydrogens (tertiary/aromatic N) is 2. The van der Waals surface area contributed by atoms with Crippen molar-refractivity contribution in [1.82, 2.24) is 15.1 Å². The second-order valence-corrected chi connectivity index (χ2v) is 12.9. The second kappa shape index (κ2) is 13.6. The molecule has 5 saturated carbocycles. The number of unbranched alkanes of at least 4 members (excludes halogenated alkanes) is 6. The van der Waals surface area contributed by atoms with Crippen LogP contribution >= 0.6 is 0 Å². The number of hydrogen-bond donors (Lipinski definition) is 4. The van der Waals surface area contributed by atoms with Gasteiger partial charge < -0.3 is 20.6 Å². The predicted octanol–water partition coefficient (Wildman–Crippen LogP) is 6.34. The molecule has 5 aliphatic carbocycles. The third-order valence-electron chi connectivity index (χ3n) is 9.71. The Labute approximate surface area is 235 Å². The van der Waals surface area contributed by atoms with Crippen molar-refractivity contribution in [2.24, 2.45) is 17.8 Å². The fourth-order valence-electron chi connectivity index (χ4n) is 8.05. The van der Waals surface area contributed by atoms with E-state index in [4.69, 9.17) is 5.11 Å². The predicted molar refractivity (Wildman–Crippen MR) is 146 cm³/mol. The number of carbonyl (C=O) groups is 1. The molecule has 2 unspecified atom stereocenters. The molecule has 1 aromatic rings. The summed E-state index contributed by atoms with van der Waals surface area (Å²) in [5.41, 5.74) is -2.33. The second-order valence-electron chi connectivity index (χ2n) is 12.9. The monoisotopic (exact) mass is 571 g/mol. The van der Waals surface area contributed by atoms with Crippen LogP contribution < -0.4 is 5.32 Å². The summed E-state index contributed by atoms with van der Waals surface area (Å²) in [6, 6.07) is 0.204. The van der Waals surface area contributed by atoms with Crippen LogP contribution in [0, 0.1) is 17.8 Å². The summed E-state index contributed by atoms with van der Waals surface area (Å²) in [6.45, 7) is 3.49. The normalized spacial score (nSPS) is 33.0. The summed E-state index contributed by atoms with van der Waals surface area (Å²) in [7, 11) is 0. The summed E-state index contributed by atoms with van der Waals surface area (Å²) in [6.07, 6.45) is 12.7. The minimum atomic E-state index is -4.76. The van der Waals surface area contributed by atoms with Crippen molar-refractivity contribution >= 4 is 5.97 Å². The van der Waals surface area contributed by atoms with E-state index in [0.29, 0.717) is 25.7 Å². The van der Waals surface area contributed by atoms with E-state index < -0.39 is 35.5 Å². The third-order valence-corrected chi connectivity index (χ3v) is 9.71. The van der Waals surface area contributed by atoms with Crippen LogP contribution in [-0.4, -0.2) is 55.4 Å². The molecule has 7 nitrogen and oxygen atoms in total. The van der Waals surface area contributed by atoms with Gasteiger partial charge in [-0.15, -0.1) is 0 Å². The minimum absolute atomic E-state index is 0.270. The van der Waals surface area contributed by atoms with Crippen LogP contribution in [0.5, 0.6) is 0 Å². The molecule has 1 heterocycles. The van der Waals surface area contributed by atoms with Crippen molar-refractivity contribution in [1.29, 1.82) is 0 Å². The van der Waals surface area contributed by atoms with Gasteiger partial charge in [0.2, 0.25) is 0 Å². The molecule has 5 aliphatic rings. The van der Waals surface area contributed by atoms with Crippen LogP contribution in [0.15, 0.2) is 6.20 Å². The smallest absolute Gasteiger partial charge is 0.433 e. The largest absolute Gasteiger partial charge is 0.478 e. The third kappa shape index (κ3) is 7.79. The number of carboxylic acid groups (broad SMARTS) is 1. The maximum atomic E-state index is 13.0. The number of aromatic carboxylic acids is 1. The van der Waals surface area contributed by atoms with Crippen LogP contribution in [-0.2, 0) is 6.18 Å². The Hall–Kier alpha value is -1.65. The zero-order chi connectivity index (χ0) is 28.9. The lowest BCUT2D eigenvalue weighted by atomic mass is 9.52. The first-order chi connectivity index (χ1) is 19.0. The van der Waals surface area contributed by atoms with Crippen molar-refractivity contribution in [2.75, 3.05) is 6.54 Å². The Kier molecular flexibility index (Phi) is 10.6. The Bertz CT molecular complexity index is 944. The summed E-state index contributed by atoms with van der Waals surface area (Å²) < 4.78 is 39.6. The van der Waals surface area contributed by atoms with Crippen LogP contribution in [0.1, 0.15) is 132 Å². The molecule has 4 N–H and O–H groups in total. The minimum Gasteiger partial charge on any atom is -0.478 e. The van der Waals surface area contributed by atoms with Crippen molar-refractivity contribution < 1.29 is 33.3 Å². The highest BCUT2D eigenvalue weighted by Crippen LogP contribution is 2.55. The molecular weight excluding hydrogens is 523 g/mol. The highest BCUT2D eigenvalue weighted by atomic mass is 19.4. The highest BCUT2D eigenvalue weighted by Gasteiger charge is 2.54. The molecule has 228 valence electrons. The first-order valence-corrected chi connectivity index (χ1v) is 15.5.